The van der Waals surface area contributed by atoms with Gasteiger partial charge in [0.1, 0.15) is 11.0 Å². The number of nitrogens with zero attached hydrogens (tertiary/aromatic N) is 1. The van der Waals surface area contributed by atoms with Crippen molar-refractivity contribution in [2.24, 2.45) is 0 Å². The number of aryl methyl sites for hydroxylation is 1. The van der Waals surface area contributed by atoms with Crippen LogP contribution in [-0.2, 0) is 6.54 Å². The molecule has 94 valence electrons. The first-order valence-corrected chi connectivity index (χ1v) is 6.13. The highest BCUT2D eigenvalue weighted by Gasteiger charge is 2.03. The number of hydrogen-bond acceptors (Lipinski definition) is 2. The van der Waals surface area contributed by atoms with Gasteiger partial charge < -0.3 is 5.32 Å². The summed E-state index contributed by atoms with van der Waals surface area (Å²) < 4.78 is 13.0. The minimum atomic E-state index is -0.412. The molecule has 5 heteroatoms. The van der Waals surface area contributed by atoms with Crippen molar-refractivity contribution < 1.29 is 4.39 Å². The van der Waals surface area contributed by atoms with Crippen molar-refractivity contribution >= 4 is 28.9 Å². The summed E-state index contributed by atoms with van der Waals surface area (Å²) in [5.74, 6) is -0.412. The van der Waals surface area contributed by atoms with E-state index in [1.165, 1.54) is 6.07 Å². The molecule has 2 aromatic rings. The van der Waals surface area contributed by atoms with Gasteiger partial charge in [-0.3, -0.25) is 0 Å². The molecule has 1 N–H and O–H groups in total. The van der Waals surface area contributed by atoms with E-state index in [-0.39, 0.29) is 5.02 Å². The summed E-state index contributed by atoms with van der Waals surface area (Å²) in [6.07, 6.45) is 0. The van der Waals surface area contributed by atoms with Crippen LogP contribution in [0.1, 0.15) is 11.3 Å². The Hall–Kier alpha value is -1.32. The maximum Gasteiger partial charge on any atom is 0.141 e. The topological polar surface area (TPSA) is 24.9 Å². The highest BCUT2D eigenvalue weighted by molar-refractivity contribution is 6.30. The SMILES string of the molecule is Cc1nc(Cl)ccc1NCc1ccc(F)c(Cl)c1. The van der Waals surface area contributed by atoms with Crippen molar-refractivity contribution in [2.45, 2.75) is 13.5 Å². The highest BCUT2D eigenvalue weighted by Crippen LogP contribution is 2.19. The molecule has 18 heavy (non-hydrogen) atoms. The van der Waals surface area contributed by atoms with Crippen LogP contribution in [0.4, 0.5) is 10.1 Å². The molecule has 0 aliphatic rings. The largest absolute Gasteiger partial charge is 0.379 e. The van der Waals surface area contributed by atoms with Gasteiger partial charge in [0.2, 0.25) is 0 Å². The zero-order valence-electron chi connectivity index (χ0n) is 9.67. The molecule has 2 nitrogen and oxygen atoms in total. The minimum absolute atomic E-state index is 0.125. The predicted molar refractivity (Wildman–Crippen MR) is 72.7 cm³/mol. The van der Waals surface area contributed by atoms with Crippen LogP contribution in [0.25, 0.3) is 0 Å². The van der Waals surface area contributed by atoms with Gasteiger partial charge in [-0.1, -0.05) is 29.3 Å². The van der Waals surface area contributed by atoms with Crippen LogP contribution in [-0.4, -0.2) is 4.98 Å². The molecule has 0 bridgehead atoms. The van der Waals surface area contributed by atoms with Crippen molar-refractivity contribution in [1.82, 2.24) is 4.98 Å². The number of benzene rings is 1. The fraction of sp³-hybridized carbons (Fsp3) is 0.154. The number of aromatic nitrogens is 1. The van der Waals surface area contributed by atoms with Gasteiger partial charge in [-0.2, -0.15) is 0 Å². The van der Waals surface area contributed by atoms with Crippen LogP contribution in [0.5, 0.6) is 0 Å². The minimum Gasteiger partial charge on any atom is -0.379 e. The van der Waals surface area contributed by atoms with Gasteiger partial charge in [0.25, 0.3) is 0 Å². The first-order valence-electron chi connectivity index (χ1n) is 5.37. The standard InChI is InChI=1S/C13H11Cl2FN2/c1-8-12(4-5-13(15)18-8)17-7-9-2-3-11(16)10(14)6-9/h2-6,17H,7H2,1H3. The molecule has 0 amide bonds. The van der Waals surface area contributed by atoms with E-state index < -0.39 is 5.82 Å². The van der Waals surface area contributed by atoms with E-state index in [1.807, 2.05) is 13.0 Å². The second-order valence-electron chi connectivity index (χ2n) is 3.87. The van der Waals surface area contributed by atoms with Gasteiger partial charge in [-0.05, 0) is 36.8 Å². The maximum atomic E-state index is 13.0. The van der Waals surface area contributed by atoms with E-state index in [0.717, 1.165) is 16.9 Å². The lowest BCUT2D eigenvalue weighted by Crippen LogP contribution is -2.02. The van der Waals surface area contributed by atoms with Gasteiger partial charge in [0, 0.05) is 6.54 Å². The molecule has 1 aromatic heterocycles. The zero-order chi connectivity index (χ0) is 13.1. The fourth-order valence-corrected chi connectivity index (χ4v) is 1.96. The summed E-state index contributed by atoms with van der Waals surface area (Å²) in [6, 6.07) is 8.21. The van der Waals surface area contributed by atoms with Gasteiger partial charge >= 0.3 is 0 Å². The molecule has 0 fully saturated rings. The average Bonchev–Trinajstić information content (AvgIpc) is 2.32. The number of rotatable bonds is 3. The van der Waals surface area contributed by atoms with Crippen LogP contribution < -0.4 is 5.32 Å². The van der Waals surface area contributed by atoms with E-state index in [4.69, 9.17) is 23.2 Å². The van der Waals surface area contributed by atoms with Crippen LogP contribution in [0, 0.1) is 12.7 Å². The Balaban J connectivity index is 2.09. The van der Waals surface area contributed by atoms with E-state index in [0.29, 0.717) is 11.7 Å². The summed E-state index contributed by atoms with van der Waals surface area (Å²) in [7, 11) is 0. The molecule has 0 saturated carbocycles. The number of pyridine rings is 1. The molecule has 0 aliphatic carbocycles. The summed E-state index contributed by atoms with van der Waals surface area (Å²) >= 11 is 11.5. The zero-order valence-corrected chi connectivity index (χ0v) is 11.2. The second-order valence-corrected chi connectivity index (χ2v) is 4.66. The Morgan fingerprint density at radius 2 is 2.00 bits per heavy atom. The Kier molecular flexibility index (Phi) is 4.04. The molecule has 2 rings (SSSR count). The monoisotopic (exact) mass is 284 g/mol. The maximum absolute atomic E-state index is 13.0. The number of halogens is 3. The van der Waals surface area contributed by atoms with Crippen molar-refractivity contribution in [3.63, 3.8) is 0 Å². The molecule has 0 saturated heterocycles. The van der Waals surface area contributed by atoms with E-state index in [9.17, 15) is 4.39 Å². The molecule has 0 unspecified atom stereocenters. The van der Waals surface area contributed by atoms with Crippen LogP contribution in [0.2, 0.25) is 10.2 Å². The number of nitrogens with one attached hydrogen (secondary N) is 1. The molecular weight excluding hydrogens is 274 g/mol. The van der Waals surface area contributed by atoms with Crippen molar-refractivity contribution in [3.8, 4) is 0 Å². The predicted octanol–water partition coefficient (Wildman–Crippen LogP) is 4.45. The Labute approximate surface area is 115 Å². The highest BCUT2D eigenvalue weighted by atomic mass is 35.5. The molecule has 1 heterocycles. The summed E-state index contributed by atoms with van der Waals surface area (Å²) in [5, 5.41) is 3.79. The molecule has 0 radical (unpaired) electrons. The molecular formula is C13H11Cl2FN2. The molecule has 0 spiro atoms. The molecule has 0 aliphatic heterocycles. The van der Waals surface area contributed by atoms with Crippen LogP contribution in [0.3, 0.4) is 0 Å². The molecule has 1 aromatic carbocycles. The fourth-order valence-electron chi connectivity index (χ4n) is 1.56. The summed E-state index contributed by atoms with van der Waals surface area (Å²) in [6.45, 7) is 2.41. The normalized spacial score (nSPS) is 10.4. The third-order valence-electron chi connectivity index (χ3n) is 2.52. The van der Waals surface area contributed by atoms with E-state index in [1.54, 1.807) is 18.2 Å². The number of anilines is 1. The first-order chi connectivity index (χ1) is 8.56. The first kappa shape index (κ1) is 13.1. The lowest BCUT2D eigenvalue weighted by Gasteiger charge is -2.09. The Morgan fingerprint density at radius 3 is 2.67 bits per heavy atom. The van der Waals surface area contributed by atoms with Gasteiger partial charge in [-0.25, -0.2) is 9.37 Å². The van der Waals surface area contributed by atoms with Gasteiger partial charge in [0.05, 0.1) is 16.4 Å². The third-order valence-corrected chi connectivity index (χ3v) is 3.02. The Bertz CT molecular complexity index is 573. The van der Waals surface area contributed by atoms with Crippen LogP contribution in [0.15, 0.2) is 30.3 Å². The van der Waals surface area contributed by atoms with Crippen molar-refractivity contribution in [2.75, 3.05) is 5.32 Å². The Morgan fingerprint density at radius 1 is 1.22 bits per heavy atom. The van der Waals surface area contributed by atoms with Gasteiger partial charge in [-0.15, -0.1) is 0 Å². The molecule has 0 atom stereocenters. The quantitative estimate of drug-likeness (QED) is 0.843. The summed E-state index contributed by atoms with van der Waals surface area (Å²) in [5.41, 5.74) is 2.60. The van der Waals surface area contributed by atoms with Crippen molar-refractivity contribution in [3.05, 3.63) is 57.6 Å². The van der Waals surface area contributed by atoms with Crippen LogP contribution >= 0.6 is 23.2 Å². The average molecular weight is 285 g/mol. The van der Waals surface area contributed by atoms with E-state index >= 15 is 0 Å². The van der Waals surface area contributed by atoms with Gasteiger partial charge in [0.15, 0.2) is 0 Å². The van der Waals surface area contributed by atoms with Crippen molar-refractivity contribution in [1.29, 1.82) is 0 Å². The second kappa shape index (κ2) is 5.55. The van der Waals surface area contributed by atoms with E-state index in [2.05, 4.69) is 10.3 Å². The lowest BCUT2D eigenvalue weighted by atomic mass is 10.2. The summed E-state index contributed by atoms with van der Waals surface area (Å²) in [4.78, 5) is 4.13. The third kappa shape index (κ3) is 3.12. The lowest BCUT2D eigenvalue weighted by molar-refractivity contribution is 0.627. The number of hydrogen-bond donors (Lipinski definition) is 1. The smallest absolute Gasteiger partial charge is 0.141 e.